The molecule has 0 aromatic rings. The Bertz CT molecular complexity index is 309. The second kappa shape index (κ2) is 1.61. The molecular weight excluding hydrogens is 144 g/mol. The third kappa shape index (κ3) is 0.576. The van der Waals surface area contributed by atoms with Crippen molar-refractivity contribution in [1.82, 2.24) is 0 Å². The van der Waals surface area contributed by atoms with Crippen LogP contribution < -0.4 is 0 Å². The molecule has 0 aromatic heterocycles. The first kappa shape index (κ1) is 5.29. The highest BCUT2D eigenvalue weighted by Gasteiger charge is 2.29. The lowest BCUT2D eigenvalue weighted by Crippen LogP contribution is -1.94. The molecule has 56 valence electrons. The Morgan fingerprint density at radius 2 is 2.27 bits per heavy atom. The Morgan fingerprint density at radius 3 is 3.27 bits per heavy atom. The van der Waals surface area contributed by atoms with Gasteiger partial charge >= 0.3 is 0 Å². The molecule has 0 fully saturated rings. The third-order valence-corrected chi connectivity index (χ3v) is 1.94. The van der Waals surface area contributed by atoms with Gasteiger partial charge in [0.25, 0.3) is 0 Å². The van der Waals surface area contributed by atoms with Gasteiger partial charge in [-0.05, 0) is 0 Å². The van der Waals surface area contributed by atoms with Crippen LogP contribution >= 0.6 is 0 Å². The molecule has 3 heteroatoms. The van der Waals surface area contributed by atoms with Crippen LogP contribution in [-0.2, 0) is 14.2 Å². The summed E-state index contributed by atoms with van der Waals surface area (Å²) in [6.07, 6.45) is 4.46. The zero-order valence-electron chi connectivity index (χ0n) is 5.79. The molecule has 0 amide bonds. The standard InChI is InChI=1S/C8H6O3/c1-5-3-9-6(1)2-7-8(5)11-4-10-7/h2-3H,1,4H2. The third-order valence-electron chi connectivity index (χ3n) is 1.94. The Morgan fingerprint density at radius 1 is 1.27 bits per heavy atom. The summed E-state index contributed by atoms with van der Waals surface area (Å²) in [6.45, 7) is 0.339. The molecule has 2 heterocycles. The van der Waals surface area contributed by atoms with Gasteiger partial charge in [0.2, 0.25) is 6.79 Å². The van der Waals surface area contributed by atoms with Gasteiger partial charge in [-0.1, -0.05) is 0 Å². The summed E-state index contributed by atoms with van der Waals surface area (Å²) in [6, 6.07) is 0. The average molecular weight is 150 g/mol. The SMILES string of the molecule is C1=C2CC(=CO2)C2=C1OCO2. The molecule has 3 aliphatic rings. The van der Waals surface area contributed by atoms with Crippen LogP contribution in [0, 0.1) is 0 Å². The summed E-state index contributed by atoms with van der Waals surface area (Å²) >= 11 is 0. The Balaban J connectivity index is 2.18. The van der Waals surface area contributed by atoms with Gasteiger partial charge in [0.05, 0.1) is 6.26 Å². The average Bonchev–Trinajstić information content (AvgIpc) is 2.58. The topological polar surface area (TPSA) is 27.7 Å². The van der Waals surface area contributed by atoms with Crippen LogP contribution in [0.5, 0.6) is 0 Å². The molecule has 0 radical (unpaired) electrons. The van der Waals surface area contributed by atoms with Gasteiger partial charge in [-0.25, -0.2) is 0 Å². The van der Waals surface area contributed by atoms with E-state index in [-0.39, 0.29) is 0 Å². The summed E-state index contributed by atoms with van der Waals surface area (Å²) in [5.74, 6) is 2.62. The smallest absolute Gasteiger partial charge is 0.231 e. The van der Waals surface area contributed by atoms with Crippen LogP contribution in [0.2, 0.25) is 0 Å². The molecule has 0 atom stereocenters. The van der Waals surface area contributed by atoms with Gasteiger partial charge < -0.3 is 14.2 Å². The number of fused-ring (bicyclic) bond motifs is 3. The van der Waals surface area contributed by atoms with E-state index in [2.05, 4.69) is 0 Å². The van der Waals surface area contributed by atoms with Crippen molar-refractivity contribution in [2.24, 2.45) is 0 Å². The zero-order chi connectivity index (χ0) is 7.26. The molecule has 0 unspecified atom stereocenters. The molecule has 0 saturated heterocycles. The van der Waals surface area contributed by atoms with Crippen LogP contribution in [0.25, 0.3) is 0 Å². The van der Waals surface area contributed by atoms with E-state index in [1.165, 1.54) is 0 Å². The Hall–Kier alpha value is -1.38. The fourth-order valence-electron chi connectivity index (χ4n) is 1.43. The predicted molar refractivity (Wildman–Crippen MR) is 35.9 cm³/mol. The number of rotatable bonds is 0. The van der Waals surface area contributed by atoms with Crippen LogP contribution in [-0.4, -0.2) is 6.79 Å². The second-order valence-electron chi connectivity index (χ2n) is 2.65. The van der Waals surface area contributed by atoms with Crippen molar-refractivity contribution in [3.8, 4) is 0 Å². The fraction of sp³-hybridized carbons (Fsp3) is 0.250. The molecule has 3 nitrogen and oxygen atoms in total. The Kier molecular flexibility index (Phi) is 0.776. The molecule has 0 saturated carbocycles. The van der Waals surface area contributed by atoms with Crippen LogP contribution in [0.15, 0.2) is 35.2 Å². The van der Waals surface area contributed by atoms with Gasteiger partial charge in [-0.2, -0.15) is 0 Å². The minimum Gasteiger partial charge on any atom is -0.468 e. The van der Waals surface area contributed by atoms with E-state index >= 15 is 0 Å². The maximum Gasteiger partial charge on any atom is 0.231 e. The molecule has 2 bridgehead atoms. The maximum absolute atomic E-state index is 5.25. The van der Waals surface area contributed by atoms with E-state index in [4.69, 9.17) is 14.2 Å². The van der Waals surface area contributed by atoms with Crippen molar-refractivity contribution in [1.29, 1.82) is 0 Å². The summed E-state index contributed by atoms with van der Waals surface area (Å²) in [7, 11) is 0. The molecule has 11 heavy (non-hydrogen) atoms. The molecule has 3 rings (SSSR count). The number of hydrogen-bond donors (Lipinski definition) is 0. The largest absolute Gasteiger partial charge is 0.468 e. The maximum atomic E-state index is 5.25. The molecule has 0 aromatic carbocycles. The number of hydrogen-bond acceptors (Lipinski definition) is 3. The second-order valence-corrected chi connectivity index (χ2v) is 2.65. The first-order chi connectivity index (χ1) is 5.43. The van der Waals surface area contributed by atoms with Crippen molar-refractivity contribution < 1.29 is 14.2 Å². The van der Waals surface area contributed by atoms with Crippen molar-refractivity contribution >= 4 is 0 Å². The summed E-state index contributed by atoms with van der Waals surface area (Å²) in [5, 5.41) is 0. The molecular formula is C8H6O3. The lowest BCUT2D eigenvalue weighted by molar-refractivity contribution is 0.0765. The highest BCUT2D eigenvalue weighted by Crippen LogP contribution is 2.38. The van der Waals surface area contributed by atoms with Crippen molar-refractivity contribution in [2.75, 3.05) is 6.79 Å². The number of allylic oxidation sites excluding steroid dienone is 3. The summed E-state index contributed by atoms with van der Waals surface area (Å²) in [5.41, 5.74) is 1.09. The van der Waals surface area contributed by atoms with Gasteiger partial charge in [-0.3, -0.25) is 0 Å². The van der Waals surface area contributed by atoms with E-state index in [9.17, 15) is 0 Å². The highest BCUT2D eigenvalue weighted by atomic mass is 16.7. The van der Waals surface area contributed by atoms with Gasteiger partial charge in [0, 0.05) is 18.1 Å². The van der Waals surface area contributed by atoms with Crippen molar-refractivity contribution in [3.63, 3.8) is 0 Å². The van der Waals surface area contributed by atoms with Gasteiger partial charge in [0.1, 0.15) is 5.76 Å². The first-order valence-corrected chi connectivity index (χ1v) is 3.50. The minimum atomic E-state index is 0.339. The predicted octanol–water partition coefficient (Wildman–Crippen LogP) is 1.40. The molecule has 0 N–H and O–H groups in total. The van der Waals surface area contributed by atoms with Gasteiger partial charge in [0.15, 0.2) is 11.5 Å². The summed E-state index contributed by atoms with van der Waals surface area (Å²) < 4.78 is 15.7. The van der Waals surface area contributed by atoms with E-state index in [1.807, 2.05) is 6.08 Å². The van der Waals surface area contributed by atoms with E-state index in [1.54, 1.807) is 6.26 Å². The van der Waals surface area contributed by atoms with E-state index in [0.29, 0.717) is 6.79 Å². The van der Waals surface area contributed by atoms with E-state index < -0.39 is 0 Å². The molecule has 1 aliphatic carbocycles. The first-order valence-electron chi connectivity index (χ1n) is 3.50. The van der Waals surface area contributed by atoms with Crippen molar-refractivity contribution in [2.45, 2.75) is 6.42 Å². The van der Waals surface area contributed by atoms with Crippen molar-refractivity contribution in [3.05, 3.63) is 35.2 Å². The van der Waals surface area contributed by atoms with Gasteiger partial charge in [-0.15, -0.1) is 0 Å². The lowest BCUT2D eigenvalue weighted by atomic mass is 10.1. The van der Waals surface area contributed by atoms with Crippen LogP contribution in [0.4, 0.5) is 0 Å². The highest BCUT2D eigenvalue weighted by molar-refractivity contribution is 5.44. The molecule has 0 spiro atoms. The minimum absolute atomic E-state index is 0.339. The molecule has 2 aliphatic heterocycles. The monoisotopic (exact) mass is 150 g/mol. The quantitative estimate of drug-likeness (QED) is 0.522. The number of ether oxygens (including phenoxy) is 3. The Labute approximate surface area is 63.5 Å². The normalized spacial score (nSPS) is 24.7. The summed E-state index contributed by atoms with van der Waals surface area (Å²) in [4.78, 5) is 0. The van der Waals surface area contributed by atoms with Crippen LogP contribution in [0.3, 0.4) is 0 Å². The van der Waals surface area contributed by atoms with Crippen LogP contribution in [0.1, 0.15) is 6.42 Å². The zero-order valence-corrected chi connectivity index (χ0v) is 5.79. The van der Waals surface area contributed by atoms with E-state index in [0.717, 1.165) is 29.3 Å². The fourth-order valence-corrected chi connectivity index (χ4v) is 1.43. The lowest BCUT2D eigenvalue weighted by Gasteiger charge is -2.04.